The number of benzene rings is 1. The minimum Gasteiger partial charge on any atom is -0.344 e. The molecule has 1 aromatic heterocycles. The second kappa shape index (κ2) is 4.66. The molecule has 0 bridgehead atoms. The van der Waals surface area contributed by atoms with Gasteiger partial charge in [-0.15, -0.1) is 0 Å². The van der Waals surface area contributed by atoms with E-state index < -0.39 is 0 Å². The highest BCUT2D eigenvalue weighted by molar-refractivity contribution is 5.78. The third-order valence-electron chi connectivity index (χ3n) is 2.52. The predicted molar refractivity (Wildman–Crippen MR) is 65.9 cm³/mol. The van der Waals surface area contributed by atoms with Gasteiger partial charge in [-0.05, 0) is 12.1 Å². The number of anilines is 1. The number of aromatic nitrogens is 2. The maximum absolute atomic E-state index is 11.8. The van der Waals surface area contributed by atoms with Crippen LogP contribution in [0.3, 0.4) is 0 Å². The molecule has 1 N–H and O–H groups in total. The Kier molecular flexibility index (Phi) is 3.06. The summed E-state index contributed by atoms with van der Waals surface area (Å²) in [6.07, 6.45) is 0.396. The molecule has 86 valence electrons. The lowest BCUT2D eigenvalue weighted by molar-refractivity contribution is 0.860. The van der Waals surface area contributed by atoms with Gasteiger partial charge in [-0.25, -0.2) is 4.98 Å². The van der Waals surface area contributed by atoms with Gasteiger partial charge in [0.1, 0.15) is 0 Å². The first-order valence-electron chi connectivity index (χ1n) is 5.29. The zero-order valence-corrected chi connectivity index (χ0v) is 9.47. The average Bonchev–Trinajstić information content (AvgIpc) is 2.36. The number of aromatic amines is 1. The van der Waals surface area contributed by atoms with Crippen LogP contribution in [0.25, 0.3) is 10.9 Å². The van der Waals surface area contributed by atoms with Gasteiger partial charge >= 0.3 is 0 Å². The topological polar surface area (TPSA) is 72.8 Å². The Bertz CT molecular complexity index is 626. The van der Waals surface area contributed by atoms with Gasteiger partial charge in [0.2, 0.25) is 5.95 Å². The second-order valence-corrected chi connectivity index (χ2v) is 3.74. The molecule has 0 amide bonds. The summed E-state index contributed by atoms with van der Waals surface area (Å²) < 4.78 is 0. The fraction of sp³-hybridized carbons (Fsp3) is 0.250. The van der Waals surface area contributed by atoms with E-state index in [1.54, 1.807) is 30.1 Å². The Morgan fingerprint density at radius 2 is 2.24 bits per heavy atom. The highest BCUT2D eigenvalue weighted by Crippen LogP contribution is 2.10. The quantitative estimate of drug-likeness (QED) is 0.858. The lowest BCUT2D eigenvalue weighted by Crippen LogP contribution is -2.24. The van der Waals surface area contributed by atoms with Crippen LogP contribution in [0.2, 0.25) is 0 Å². The lowest BCUT2D eigenvalue weighted by Gasteiger charge is -2.15. The normalized spacial score (nSPS) is 10.1. The largest absolute Gasteiger partial charge is 0.344 e. The molecular weight excluding hydrogens is 216 g/mol. The first kappa shape index (κ1) is 11.1. The van der Waals surface area contributed by atoms with Gasteiger partial charge in [0.15, 0.2) is 0 Å². The Morgan fingerprint density at radius 1 is 1.47 bits per heavy atom. The van der Waals surface area contributed by atoms with Gasteiger partial charge in [-0.3, -0.25) is 9.78 Å². The first-order valence-corrected chi connectivity index (χ1v) is 5.29. The summed E-state index contributed by atoms with van der Waals surface area (Å²) in [6.45, 7) is 0.539. The van der Waals surface area contributed by atoms with Gasteiger partial charge in [-0.1, -0.05) is 12.1 Å². The van der Waals surface area contributed by atoms with Crippen LogP contribution >= 0.6 is 0 Å². The number of rotatable bonds is 3. The van der Waals surface area contributed by atoms with Crippen LogP contribution in [0.15, 0.2) is 29.1 Å². The summed E-state index contributed by atoms with van der Waals surface area (Å²) in [6, 6.07) is 9.24. The van der Waals surface area contributed by atoms with Crippen LogP contribution < -0.4 is 10.5 Å². The fourth-order valence-corrected chi connectivity index (χ4v) is 1.58. The van der Waals surface area contributed by atoms with E-state index in [4.69, 9.17) is 5.26 Å². The summed E-state index contributed by atoms with van der Waals surface area (Å²) in [5.74, 6) is 0.490. The lowest BCUT2D eigenvalue weighted by atomic mass is 10.2. The van der Waals surface area contributed by atoms with Crippen molar-refractivity contribution in [1.82, 2.24) is 9.97 Å². The molecule has 2 rings (SSSR count). The zero-order valence-electron chi connectivity index (χ0n) is 9.47. The standard InChI is InChI=1S/C12H12N4O/c1-16(8-4-7-13)12-14-10-6-3-2-5-9(10)11(17)15-12/h2-3,5-6H,4,8H2,1H3,(H,14,15,17). The Labute approximate surface area is 98.3 Å². The third-order valence-corrected chi connectivity index (χ3v) is 2.52. The highest BCUT2D eigenvalue weighted by Gasteiger charge is 2.06. The van der Waals surface area contributed by atoms with Crippen molar-refractivity contribution < 1.29 is 0 Å². The number of para-hydroxylation sites is 1. The number of nitriles is 1. The van der Waals surface area contributed by atoms with Crippen molar-refractivity contribution in [2.75, 3.05) is 18.5 Å². The Morgan fingerprint density at radius 3 is 3.00 bits per heavy atom. The molecule has 5 nitrogen and oxygen atoms in total. The van der Waals surface area contributed by atoms with Crippen molar-refractivity contribution in [2.24, 2.45) is 0 Å². The van der Waals surface area contributed by atoms with E-state index in [1.165, 1.54) is 0 Å². The van der Waals surface area contributed by atoms with Crippen molar-refractivity contribution in [2.45, 2.75) is 6.42 Å². The van der Waals surface area contributed by atoms with Crippen LogP contribution in [0.5, 0.6) is 0 Å². The van der Waals surface area contributed by atoms with E-state index >= 15 is 0 Å². The molecule has 0 saturated heterocycles. The number of H-pyrrole nitrogens is 1. The van der Waals surface area contributed by atoms with Crippen LogP contribution in [0.1, 0.15) is 6.42 Å². The third kappa shape index (κ3) is 2.26. The van der Waals surface area contributed by atoms with E-state index in [0.29, 0.717) is 29.8 Å². The predicted octanol–water partition coefficient (Wildman–Crippen LogP) is 1.27. The number of hydrogen-bond acceptors (Lipinski definition) is 4. The minimum atomic E-state index is -0.158. The highest BCUT2D eigenvalue weighted by atomic mass is 16.1. The SMILES string of the molecule is CN(CCC#N)c1nc2ccccc2c(=O)[nH]1. The first-order chi connectivity index (χ1) is 8.22. The fourth-order valence-electron chi connectivity index (χ4n) is 1.58. The molecule has 17 heavy (non-hydrogen) atoms. The molecule has 0 atom stereocenters. The maximum atomic E-state index is 11.8. The molecule has 0 unspecified atom stereocenters. The van der Waals surface area contributed by atoms with Crippen molar-refractivity contribution in [3.63, 3.8) is 0 Å². The van der Waals surface area contributed by atoms with E-state index in [0.717, 1.165) is 0 Å². The summed E-state index contributed by atoms with van der Waals surface area (Å²) in [4.78, 5) is 20.6. The maximum Gasteiger partial charge on any atom is 0.260 e. The Hall–Kier alpha value is -2.35. The van der Waals surface area contributed by atoms with Crippen molar-refractivity contribution in [3.8, 4) is 6.07 Å². The zero-order chi connectivity index (χ0) is 12.3. The van der Waals surface area contributed by atoms with Crippen LogP contribution in [0, 0.1) is 11.3 Å². The molecular formula is C12H12N4O. The molecule has 5 heteroatoms. The van der Waals surface area contributed by atoms with E-state index in [9.17, 15) is 4.79 Å². The van der Waals surface area contributed by atoms with Crippen molar-refractivity contribution >= 4 is 16.9 Å². The summed E-state index contributed by atoms with van der Waals surface area (Å²) in [5, 5.41) is 9.09. The molecule has 1 heterocycles. The van der Waals surface area contributed by atoms with Gasteiger partial charge < -0.3 is 4.90 Å². The smallest absolute Gasteiger partial charge is 0.260 e. The average molecular weight is 228 g/mol. The van der Waals surface area contributed by atoms with Crippen LogP contribution in [-0.4, -0.2) is 23.6 Å². The number of nitrogens with one attached hydrogen (secondary N) is 1. The monoisotopic (exact) mass is 228 g/mol. The van der Waals surface area contributed by atoms with Gasteiger partial charge in [0.05, 0.1) is 23.4 Å². The molecule has 0 aliphatic rings. The van der Waals surface area contributed by atoms with Crippen LogP contribution in [-0.2, 0) is 0 Å². The number of fused-ring (bicyclic) bond motifs is 1. The van der Waals surface area contributed by atoms with Gasteiger partial charge in [-0.2, -0.15) is 5.26 Å². The van der Waals surface area contributed by atoms with Crippen molar-refractivity contribution in [1.29, 1.82) is 5.26 Å². The molecule has 0 fully saturated rings. The van der Waals surface area contributed by atoms with Gasteiger partial charge in [0, 0.05) is 13.6 Å². The molecule has 0 radical (unpaired) electrons. The summed E-state index contributed by atoms with van der Waals surface area (Å²) >= 11 is 0. The molecule has 0 aliphatic carbocycles. The summed E-state index contributed by atoms with van der Waals surface area (Å²) in [5.41, 5.74) is 0.504. The van der Waals surface area contributed by atoms with Crippen LogP contribution in [0.4, 0.5) is 5.95 Å². The second-order valence-electron chi connectivity index (χ2n) is 3.74. The molecule has 0 aliphatic heterocycles. The molecule has 0 saturated carbocycles. The number of hydrogen-bond donors (Lipinski definition) is 1. The minimum absolute atomic E-state index is 0.158. The van der Waals surface area contributed by atoms with E-state index in [-0.39, 0.29) is 5.56 Å². The molecule has 1 aromatic carbocycles. The van der Waals surface area contributed by atoms with Gasteiger partial charge in [0.25, 0.3) is 5.56 Å². The van der Waals surface area contributed by atoms with Crippen molar-refractivity contribution in [3.05, 3.63) is 34.6 Å². The Balaban J connectivity index is 2.44. The van der Waals surface area contributed by atoms with E-state index in [1.807, 2.05) is 6.07 Å². The molecule has 2 aromatic rings. The molecule has 0 spiro atoms. The number of nitrogens with zero attached hydrogens (tertiary/aromatic N) is 3. The summed E-state index contributed by atoms with van der Waals surface area (Å²) in [7, 11) is 1.80. The van der Waals surface area contributed by atoms with E-state index in [2.05, 4.69) is 16.0 Å².